The number of likely N-dealkylation sites (tertiary alicyclic amines) is 1. The van der Waals surface area contributed by atoms with E-state index in [0.717, 1.165) is 35.3 Å². The van der Waals surface area contributed by atoms with Gasteiger partial charge in [0.2, 0.25) is 5.91 Å². The van der Waals surface area contributed by atoms with E-state index in [0.29, 0.717) is 13.1 Å². The molecule has 36 heavy (non-hydrogen) atoms. The number of ether oxygens (including phenoxy) is 1. The summed E-state index contributed by atoms with van der Waals surface area (Å²) in [5.41, 5.74) is 5.21. The van der Waals surface area contributed by atoms with Gasteiger partial charge in [0.15, 0.2) is 0 Å². The third kappa shape index (κ3) is 4.33. The maximum atomic E-state index is 13.8. The molecule has 2 aliphatic rings. The number of piperidine rings is 1. The lowest BCUT2D eigenvalue weighted by Crippen LogP contribution is -2.50. The second-order valence-electron chi connectivity index (χ2n) is 9.70. The van der Waals surface area contributed by atoms with E-state index in [4.69, 9.17) is 4.74 Å². The van der Waals surface area contributed by atoms with Crippen molar-refractivity contribution < 1.29 is 9.53 Å². The molecule has 3 nitrogen and oxygen atoms in total. The van der Waals surface area contributed by atoms with Gasteiger partial charge in [0.1, 0.15) is 11.4 Å². The predicted octanol–water partition coefficient (Wildman–Crippen LogP) is 6.95. The zero-order chi connectivity index (χ0) is 24.4. The summed E-state index contributed by atoms with van der Waals surface area (Å²) in [7, 11) is 0. The number of amides is 1. The van der Waals surface area contributed by atoms with Crippen molar-refractivity contribution in [2.75, 3.05) is 13.1 Å². The van der Waals surface area contributed by atoms with Crippen LogP contribution >= 0.6 is 0 Å². The number of carbonyl (C=O) groups excluding carboxylic acids is 1. The molecule has 2 aliphatic heterocycles. The van der Waals surface area contributed by atoms with Crippen LogP contribution in [0.2, 0.25) is 0 Å². The standard InChI is InChI=1S/C33H29NO2/c35-32(31(26-12-6-2-7-13-26)27-14-8-3-9-15-27)34-22-20-33(21-23-34)19-18-29-24-28(16-17-30(29)36-33)25-10-4-1-5-11-25/h1-19,24,31H,20-23H2. The molecule has 0 radical (unpaired) electrons. The minimum atomic E-state index is -0.354. The van der Waals surface area contributed by atoms with Gasteiger partial charge in [-0.2, -0.15) is 0 Å². The molecule has 1 spiro atoms. The van der Waals surface area contributed by atoms with Gasteiger partial charge < -0.3 is 9.64 Å². The third-order valence-electron chi connectivity index (χ3n) is 7.43. The molecule has 0 bridgehead atoms. The van der Waals surface area contributed by atoms with Crippen molar-refractivity contribution in [3.8, 4) is 16.9 Å². The van der Waals surface area contributed by atoms with Gasteiger partial charge in [-0.25, -0.2) is 0 Å². The Labute approximate surface area is 212 Å². The number of benzene rings is 4. The molecule has 3 heteroatoms. The molecule has 0 N–H and O–H groups in total. The topological polar surface area (TPSA) is 29.5 Å². The fourth-order valence-electron chi connectivity index (χ4n) is 5.40. The lowest BCUT2D eigenvalue weighted by Gasteiger charge is -2.42. The van der Waals surface area contributed by atoms with Crippen LogP contribution in [0, 0.1) is 0 Å². The van der Waals surface area contributed by atoms with Crippen molar-refractivity contribution in [3.63, 3.8) is 0 Å². The Kier molecular flexibility index (Phi) is 5.90. The van der Waals surface area contributed by atoms with Crippen molar-refractivity contribution in [2.45, 2.75) is 24.4 Å². The lowest BCUT2D eigenvalue weighted by atomic mass is 9.85. The molecule has 4 aromatic rings. The highest BCUT2D eigenvalue weighted by molar-refractivity contribution is 5.87. The first-order valence-corrected chi connectivity index (χ1v) is 12.7. The van der Waals surface area contributed by atoms with Crippen LogP contribution in [-0.2, 0) is 4.79 Å². The van der Waals surface area contributed by atoms with Gasteiger partial charge >= 0.3 is 0 Å². The largest absolute Gasteiger partial charge is 0.482 e. The van der Waals surface area contributed by atoms with Gasteiger partial charge in [-0.15, -0.1) is 0 Å². The smallest absolute Gasteiger partial charge is 0.234 e. The van der Waals surface area contributed by atoms with Crippen molar-refractivity contribution in [1.29, 1.82) is 0 Å². The fraction of sp³-hybridized carbons (Fsp3) is 0.182. The van der Waals surface area contributed by atoms with E-state index in [9.17, 15) is 4.79 Å². The van der Waals surface area contributed by atoms with Crippen LogP contribution in [-0.4, -0.2) is 29.5 Å². The molecule has 2 heterocycles. The minimum Gasteiger partial charge on any atom is -0.482 e. The molecular weight excluding hydrogens is 442 g/mol. The summed E-state index contributed by atoms with van der Waals surface area (Å²) in [6.45, 7) is 1.35. The molecular formula is C33H29NO2. The number of hydrogen-bond acceptors (Lipinski definition) is 2. The van der Waals surface area contributed by atoms with Gasteiger partial charge in [-0.1, -0.05) is 103 Å². The van der Waals surface area contributed by atoms with E-state index in [1.165, 1.54) is 11.1 Å². The monoisotopic (exact) mass is 471 g/mol. The normalized spacial score (nSPS) is 16.0. The van der Waals surface area contributed by atoms with Gasteiger partial charge in [-0.05, 0) is 40.5 Å². The second kappa shape index (κ2) is 9.50. The highest BCUT2D eigenvalue weighted by atomic mass is 16.5. The average Bonchev–Trinajstić information content (AvgIpc) is 2.95. The van der Waals surface area contributed by atoms with E-state index in [1.807, 2.05) is 47.4 Å². The lowest BCUT2D eigenvalue weighted by molar-refractivity contribution is -0.134. The van der Waals surface area contributed by atoms with Crippen LogP contribution in [0.25, 0.3) is 17.2 Å². The summed E-state index contributed by atoms with van der Waals surface area (Å²) < 4.78 is 6.58. The van der Waals surface area contributed by atoms with E-state index in [2.05, 4.69) is 78.9 Å². The van der Waals surface area contributed by atoms with Gasteiger partial charge in [0, 0.05) is 31.5 Å². The Morgan fingerprint density at radius 3 is 1.92 bits per heavy atom. The van der Waals surface area contributed by atoms with Crippen LogP contribution < -0.4 is 4.74 Å². The van der Waals surface area contributed by atoms with Crippen LogP contribution in [0.15, 0.2) is 115 Å². The van der Waals surface area contributed by atoms with Gasteiger partial charge in [-0.3, -0.25) is 4.79 Å². The number of hydrogen-bond donors (Lipinski definition) is 0. The first-order valence-electron chi connectivity index (χ1n) is 12.7. The number of nitrogens with zero attached hydrogens (tertiary/aromatic N) is 1. The van der Waals surface area contributed by atoms with E-state index < -0.39 is 0 Å². The average molecular weight is 472 g/mol. The third-order valence-corrected chi connectivity index (χ3v) is 7.43. The molecule has 1 saturated heterocycles. The maximum Gasteiger partial charge on any atom is 0.234 e. The zero-order valence-corrected chi connectivity index (χ0v) is 20.2. The van der Waals surface area contributed by atoms with E-state index in [1.54, 1.807) is 0 Å². The van der Waals surface area contributed by atoms with Crippen LogP contribution in [0.3, 0.4) is 0 Å². The molecule has 0 aliphatic carbocycles. The molecule has 0 unspecified atom stereocenters. The number of carbonyl (C=O) groups is 1. The quantitative estimate of drug-likeness (QED) is 0.322. The maximum absolute atomic E-state index is 13.8. The van der Waals surface area contributed by atoms with Crippen molar-refractivity contribution in [1.82, 2.24) is 4.90 Å². The van der Waals surface area contributed by atoms with E-state index >= 15 is 0 Å². The SMILES string of the molecule is O=C(C(c1ccccc1)c1ccccc1)N1CCC2(C=Cc3cc(-c4ccccc4)ccc3O2)CC1. The minimum absolute atomic E-state index is 0.162. The highest BCUT2D eigenvalue weighted by Crippen LogP contribution is 2.39. The van der Waals surface area contributed by atoms with Gasteiger partial charge in [0.25, 0.3) is 0 Å². The Balaban J connectivity index is 1.19. The van der Waals surface area contributed by atoms with E-state index in [-0.39, 0.29) is 17.4 Å². The molecule has 0 aromatic heterocycles. The Morgan fingerprint density at radius 2 is 1.31 bits per heavy atom. The van der Waals surface area contributed by atoms with Crippen molar-refractivity contribution in [3.05, 3.63) is 132 Å². The summed E-state index contributed by atoms with van der Waals surface area (Å²) in [5.74, 6) is 0.791. The molecule has 1 amide bonds. The molecule has 4 aromatic carbocycles. The molecule has 178 valence electrons. The highest BCUT2D eigenvalue weighted by Gasteiger charge is 2.39. The first kappa shape index (κ1) is 22.4. The first-order chi connectivity index (χ1) is 17.7. The van der Waals surface area contributed by atoms with Crippen LogP contribution in [0.4, 0.5) is 0 Å². The Hall–Kier alpha value is -4.11. The summed E-state index contributed by atoms with van der Waals surface area (Å²) in [5, 5.41) is 0. The zero-order valence-electron chi connectivity index (χ0n) is 20.2. The number of rotatable bonds is 4. The fourth-order valence-corrected chi connectivity index (χ4v) is 5.40. The van der Waals surface area contributed by atoms with Crippen molar-refractivity contribution in [2.24, 2.45) is 0 Å². The molecule has 0 atom stereocenters. The summed E-state index contributed by atoms with van der Waals surface area (Å²) in [4.78, 5) is 15.8. The summed E-state index contributed by atoms with van der Waals surface area (Å²) in [6.07, 6.45) is 5.97. The molecule has 1 fully saturated rings. The van der Waals surface area contributed by atoms with Gasteiger partial charge in [0.05, 0.1) is 5.92 Å². The number of fused-ring (bicyclic) bond motifs is 1. The Morgan fingerprint density at radius 1 is 0.722 bits per heavy atom. The van der Waals surface area contributed by atoms with Crippen LogP contribution in [0.5, 0.6) is 5.75 Å². The second-order valence-corrected chi connectivity index (χ2v) is 9.70. The van der Waals surface area contributed by atoms with Crippen LogP contribution in [0.1, 0.15) is 35.4 Å². The molecule has 6 rings (SSSR count). The summed E-state index contributed by atoms with van der Waals surface area (Å²) in [6, 6.07) is 37.0. The predicted molar refractivity (Wildman–Crippen MR) is 145 cm³/mol. The summed E-state index contributed by atoms with van der Waals surface area (Å²) >= 11 is 0. The van der Waals surface area contributed by atoms with Crippen molar-refractivity contribution >= 4 is 12.0 Å². The Bertz CT molecular complexity index is 1330. The molecule has 0 saturated carbocycles.